The predicted octanol–water partition coefficient (Wildman–Crippen LogP) is 3.86. The molecule has 0 aliphatic heterocycles. The summed E-state index contributed by atoms with van der Waals surface area (Å²) in [5, 5.41) is 20.9. The Balaban J connectivity index is 2.02. The molecule has 0 aliphatic rings. The number of hydrogen-bond acceptors (Lipinski definition) is 4. The van der Waals surface area contributed by atoms with Crippen LogP contribution in [-0.2, 0) is 0 Å². The third-order valence-electron chi connectivity index (χ3n) is 3.18. The SMILES string of the molecule is O=Cc1ccc(Oc2cccc3cc(O)ccc23)cc1O. The van der Waals surface area contributed by atoms with Crippen LogP contribution >= 0.6 is 0 Å². The number of fused-ring (bicyclic) bond motifs is 1. The lowest BCUT2D eigenvalue weighted by atomic mass is 10.1. The first kappa shape index (κ1) is 13.0. The standard InChI is InChI=1S/C17H12O4/c18-10-12-4-6-14(9-16(12)20)21-17-3-1-2-11-8-13(19)5-7-15(11)17/h1-10,19-20H. The lowest BCUT2D eigenvalue weighted by Crippen LogP contribution is -1.88. The first-order chi connectivity index (χ1) is 10.2. The van der Waals surface area contributed by atoms with Crippen molar-refractivity contribution in [1.82, 2.24) is 0 Å². The molecule has 0 saturated heterocycles. The molecule has 0 unspecified atom stereocenters. The van der Waals surface area contributed by atoms with Gasteiger partial charge in [-0.05, 0) is 41.8 Å². The van der Waals surface area contributed by atoms with Gasteiger partial charge in [-0.15, -0.1) is 0 Å². The Kier molecular flexibility index (Phi) is 3.20. The maximum Gasteiger partial charge on any atom is 0.153 e. The van der Waals surface area contributed by atoms with E-state index in [1.54, 1.807) is 30.3 Å². The van der Waals surface area contributed by atoms with Gasteiger partial charge in [0.1, 0.15) is 23.0 Å². The Hall–Kier alpha value is -3.01. The van der Waals surface area contributed by atoms with E-state index in [9.17, 15) is 15.0 Å². The van der Waals surface area contributed by atoms with Gasteiger partial charge in [-0.1, -0.05) is 12.1 Å². The molecule has 0 radical (unpaired) electrons. The van der Waals surface area contributed by atoms with Crippen molar-refractivity contribution >= 4 is 17.1 Å². The number of phenolic OH excluding ortho intramolecular Hbond substituents is 2. The van der Waals surface area contributed by atoms with Crippen molar-refractivity contribution in [1.29, 1.82) is 0 Å². The fourth-order valence-corrected chi connectivity index (χ4v) is 2.14. The average molecular weight is 280 g/mol. The number of aldehydes is 1. The molecule has 0 heterocycles. The summed E-state index contributed by atoms with van der Waals surface area (Å²) in [6.07, 6.45) is 0.583. The third kappa shape index (κ3) is 2.51. The maximum atomic E-state index is 10.7. The van der Waals surface area contributed by atoms with E-state index in [0.717, 1.165) is 10.8 Å². The Bertz CT molecular complexity index is 824. The second kappa shape index (κ2) is 5.17. The number of carbonyl (C=O) groups is 1. The Morgan fingerprint density at radius 2 is 1.81 bits per heavy atom. The van der Waals surface area contributed by atoms with E-state index in [1.807, 2.05) is 12.1 Å². The van der Waals surface area contributed by atoms with Gasteiger partial charge in [0.05, 0.1) is 5.56 Å². The van der Waals surface area contributed by atoms with Crippen molar-refractivity contribution in [2.75, 3.05) is 0 Å². The molecule has 21 heavy (non-hydrogen) atoms. The highest BCUT2D eigenvalue weighted by atomic mass is 16.5. The molecular weight excluding hydrogens is 268 g/mol. The minimum absolute atomic E-state index is 0.125. The molecular formula is C17H12O4. The Labute approximate surface area is 120 Å². The van der Waals surface area contributed by atoms with Gasteiger partial charge in [0, 0.05) is 11.5 Å². The molecule has 104 valence electrons. The monoisotopic (exact) mass is 280 g/mol. The number of benzene rings is 3. The minimum atomic E-state index is -0.125. The van der Waals surface area contributed by atoms with Crippen LogP contribution in [0.15, 0.2) is 54.6 Å². The van der Waals surface area contributed by atoms with Gasteiger partial charge in [0.15, 0.2) is 6.29 Å². The molecule has 0 spiro atoms. The van der Waals surface area contributed by atoms with Crippen LogP contribution in [0.2, 0.25) is 0 Å². The lowest BCUT2D eigenvalue weighted by Gasteiger charge is -2.10. The number of aromatic hydroxyl groups is 2. The van der Waals surface area contributed by atoms with Gasteiger partial charge < -0.3 is 14.9 Å². The number of hydrogen-bond donors (Lipinski definition) is 2. The number of carbonyl (C=O) groups excluding carboxylic acids is 1. The zero-order valence-electron chi connectivity index (χ0n) is 11.0. The second-order valence-corrected chi connectivity index (χ2v) is 4.60. The highest BCUT2D eigenvalue weighted by molar-refractivity contribution is 5.89. The van der Waals surface area contributed by atoms with Gasteiger partial charge in [0.2, 0.25) is 0 Å². The molecule has 4 nitrogen and oxygen atoms in total. The Morgan fingerprint density at radius 1 is 0.952 bits per heavy atom. The summed E-state index contributed by atoms with van der Waals surface area (Å²) in [5.74, 6) is 1.09. The molecule has 3 rings (SSSR count). The van der Waals surface area contributed by atoms with Gasteiger partial charge in [-0.3, -0.25) is 4.79 Å². The first-order valence-corrected chi connectivity index (χ1v) is 6.35. The molecule has 3 aromatic rings. The highest BCUT2D eigenvalue weighted by Crippen LogP contribution is 2.33. The zero-order chi connectivity index (χ0) is 14.8. The van der Waals surface area contributed by atoms with Gasteiger partial charge in [0.25, 0.3) is 0 Å². The van der Waals surface area contributed by atoms with E-state index in [1.165, 1.54) is 12.1 Å². The molecule has 0 bridgehead atoms. The summed E-state index contributed by atoms with van der Waals surface area (Å²) in [4.78, 5) is 10.7. The summed E-state index contributed by atoms with van der Waals surface area (Å²) in [5.41, 5.74) is 0.213. The first-order valence-electron chi connectivity index (χ1n) is 6.35. The van der Waals surface area contributed by atoms with Crippen molar-refractivity contribution in [3.63, 3.8) is 0 Å². The van der Waals surface area contributed by atoms with Crippen LogP contribution in [0.4, 0.5) is 0 Å². The highest BCUT2D eigenvalue weighted by Gasteiger charge is 2.06. The minimum Gasteiger partial charge on any atom is -0.508 e. The lowest BCUT2D eigenvalue weighted by molar-refractivity contribution is 0.112. The van der Waals surface area contributed by atoms with E-state index >= 15 is 0 Å². The molecule has 0 aromatic heterocycles. The van der Waals surface area contributed by atoms with Crippen LogP contribution in [0.5, 0.6) is 23.0 Å². The van der Waals surface area contributed by atoms with Crippen molar-refractivity contribution in [2.24, 2.45) is 0 Å². The van der Waals surface area contributed by atoms with E-state index in [4.69, 9.17) is 4.74 Å². The topological polar surface area (TPSA) is 66.8 Å². The van der Waals surface area contributed by atoms with Crippen molar-refractivity contribution in [2.45, 2.75) is 0 Å². The van der Waals surface area contributed by atoms with Crippen LogP contribution in [0.25, 0.3) is 10.8 Å². The molecule has 0 aliphatic carbocycles. The van der Waals surface area contributed by atoms with E-state index in [-0.39, 0.29) is 17.1 Å². The van der Waals surface area contributed by atoms with Gasteiger partial charge in [-0.25, -0.2) is 0 Å². The summed E-state index contributed by atoms with van der Waals surface area (Å²) >= 11 is 0. The molecule has 0 saturated carbocycles. The van der Waals surface area contributed by atoms with Crippen molar-refractivity contribution < 1.29 is 19.7 Å². The summed E-state index contributed by atoms with van der Waals surface area (Å²) in [6, 6.07) is 15.0. The van der Waals surface area contributed by atoms with Crippen LogP contribution < -0.4 is 4.74 Å². The summed E-state index contributed by atoms with van der Waals surface area (Å²) in [7, 11) is 0. The van der Waals surface area contributed by atoms with E-state index in [0.29, 0.717) is 17.8 Å². The summed E-state index contributed by atoms with van der Waals surface area (Å²) in [6.45, 7) is 0. The van der Waals surface area contributed by atoms with E-state index < -0.39 is 0 Å². The van der Waals surface area contributed by atoms with E-state index in [2.05, 4.69) is 0 Å². The smallest absolute Gasteiger partial charge is 0.153 e. The fraction of sp³-hybridized carbons (Fsp3) is 0. The quantitative estimate of drug-likeness (QED) is 0.715. The summed E-state index contributed by atoms with van der Waals surface area (Å²) < 4.78 is 5.75. The number of rotatable bonds is 3. The van der Waals surface area contributed by atoms with Crippen LogP contribution in [0.3, 0.4) is 0 Å². The van der Waals surface area contributed by atoms with Crippen LogP contribution in [0.1, 0.15) is 10.4 Å². The van der Waals surface area contributed by atoms with Crippen molar-refractivity contribution in [3.05, 3.63) is 60.2 Å². The fourth-order valence-electron chi connectivity index (χ4n) is 2.14. The van der Waals surface area contributed by atoms with Gasteiger partial charge in [-0.2, -0.15) is 0 Å². The number of ether oxygens (including phenoxy) is 1. The maximum absolute atomic E-state index is 10.7. The predicted molar refractivity (Wildman–Crippen MR) is 79.2 cm³/mol. The average Bonchev–Trinajstić information content (AvgIpc) is 2.47. The molecule has 4 heteroatoms. The van der Waals surface area contributed by atoms with Crippen LogP contribution in [-0.4, -0.2) is 16.5 Å². The molecule has 0 amide bonds. The van der Waals surface area contributed by atoms with Gasteiger partial charge >= 0.3 is 0 Å². The normalized spacial score (nSPS) is 10.5. The third-order valence-corrected chi connectivity index (χ3v) is 3.18. The second-order valence-electron chi connectivity index (χ2n) is 4.60. The largest absolute Gasteiger partial charge is 0.508 e. The molecule has 3 aromatic carbocycles. The zero-order valence-corrected chi connectivity index (χ0v) is 11.0. The number of phenols is 2. The van der Waals surface area contributed by atoms with Crippen molar-refractivity contribution in [3.8, 4) is 23.0 Å². The molecule has 0 fully saturated rings. The molecule has 0 atom stereocenters. The Morgan fingerprint density at radius 3 is 2.57 bits per heavy atom. The van der Waals surface area contributed by atoms with Crippen LogP contribution in [0, 0.1) is 0 Å². The molecule has 2 N–H and O–H groups in total.